The van der Waals surface area contributed by atoms with Gasteiger partial charge in [-0.05, 0) is 161 Å². The number of anilines is 2. The maximum Gasteiger partial charge on any atom is 0.335 e. The lowest BCUT2D eigenvalue weighted by Crippen LogP contribution is -2.25. The lowest BCUT2D eigenvalue weighted by Gasteiger charge is -2.12. The molecule has 0 atom stereocenters. The zero-order chi connectivity index (χ0) is 50.8. The van der Waals surface area contributed by atoms with Crippen LogP contribution in [0.25, 0.3) is 34.8 Å². The van der Waals surface area contributed by atoms with Crippen molar-refractivity contribution in [1.29, 1.82) is 0 Å². The Morgan fingerprint density at radius 3 is 1.38 bits per heavy atom. The van der Waals surface area contributed by atoms with Gasteiger partial charge in [0.25, 0.3) is 23.6 Å². The topological polar surface area (TPSA) is 224 Å². The van der Waals surface area contributed by atoms with Crippen LogP contribution in [0.15, 0.2) is 139 Å². The minimum Gasteiger partial charge on any atom is -0.478 e. The van der Waals surface area contributed by atoms with Crippen LogP contribution >= 0.6 is 23.2 Å². The van der Waals surface area contributed by atoms with E-state index in [1.165, 1.54) is 34.3 Å². The lowest BCUT2D eigenvalue weighted by atomic mass is 10.1. The van der Waals surface area contributed by atoms with Gasteiger partial charge in [-0.3, -0.25) is 19.2 Å². The standard InChI is InChI=1S/2C27H22ClN3O5/c2*1-15-21(26(33)31(30-15)19-4-2-3-18(11-19)27(34)35)13-20-8-10-24(36-20)17-7-9-23(28)22(12-17)25(32)29-14-16-5-6-16/h2*2-4,7-13,16H,5-6,14H2,1H3,(H,29,32)(H,34,35)/b2*21-13-. The molecule has 2 saturated carbocycles. The second kappa shape index (κ2) is 20.6. The van der Waals surface area contributed by atoms with E-state index in [0.717, 1.165) is 25.7 Å². The third-order valence-corrected chi connectivity index (χ3v) is 12.8. The quantitative estimate of drug-likeness (QED) is 0.0755. The smallest absolute Gasteiger partial charge is 0.335 e. The molecule has 2 fully saturated rings. The molecule has 72 heavy (non-hydrogen) atoms. The van der Waals surface area contributed by atoms with Crippen LogP contribution in [0.5, 0.6) is 0 Å². The lowest BCUT2D eigenvalue weighted by molar-refractivity contribution is -0.115. The molecule has 18 heteroatoms. The van der Waals surface area contributed by atoms with Gasteiger partial charge in [0.2, 0.25) is 0 Å². The van der Waals surface area contributed by atoms with Crippen molar-refractivity contribution in [2.24, 2.45) is 22.0 Å². The molecule has 2 aliphatic heterocycles. The number of carbonyl (C=O) groups excluding carboxylic acids is 4. The van der Waals surface area contributed by atoms with Crippen LogP contribution in [0, 0.1) is 11.8 Å². The average molecular weight is 1010 g/mol. The fourth-order valence-electron chi connectivity index (χ4n) is 7.73. The molecule has 4 amide bonds. The van der Waals surface area contributed by atoms with E-state index in [-0.39, 0.29) is 22.9 Å². The van der Waals surface area contributed by atoms with E-state index in [0.29, 0.717) is 114 Å². The highest BCUT2D eigenvalue weighted by Gasteiger charge is 2.31. The van der Waals surface area contributed by atoms with Crippen molar-refractivity contribution < 1.29 is 47.8 Å². The third-order valence-electron chi connectivity index (χ3n) is 12.1. The van der Waals surface area contributed by atoms with E-state index >= 15 is 0 Å². The summed E-state index contributed by atoms with van der Waals surface area (Å²) >= 11 is 12.5. The summed E-state index contributed by atoms with van der Waals surface area (Å²) in [5.74, 6) is -0.418. The number of aromatic carboxylic acids is 2. The largest absolute Gasteiger partial charge is 0.478 e. The van der Waals surface area contributed by atoms with Crippen molar-refractivity contribution in [1.82, 2.24) is 10.6 Å². The molecule has 4 aliphatic rings. The number of carboxylic acid groups (broad SMARTS) is 2. The summed E-state index contributed by atoms with van der Waals surface area (Å²) in [5, 5.41) is 36.0. The van der Waals surface area contributed by atoms with Crippen molar-refractivity contribution in [2.45, 2.75) is 39.5 Å². The summed E-state index contributed by atoms with van der Waals surface area (Å²) in [6.45, 7) is 4.68. The normalized spacial score (nSPS) is 16.4. The van der Waals surface area contributed by atoms with E-state index < -0.39 is 23.8 Å². The van der Waals surface area contributed by atoms with E-state index in [1.807, 2.05) is 0 Å². The molecule has 2 aromatic heterocycles. The number of carbonyl (C=O) groups is 6. The van der Waals surface area contributed by atoms with Gasteiger partial charge in [0.05, 0.1) is 66.2 Å². The van der Waals surface area contributed by atoms with E-state index in [4.69, 9.17) is 32.0 Å². The number of halogens is 2. The number of amides is 4. The summed E-state index contributed by atoms with van der Waals surface area (Å²) in [7, 11) is 0. The highest BCUT2D eigenvalue weighted by atomic mass is 35.5. The number of nitrogens with zero attached hydrogens (tertiary/aromatic N) is 4. The minimum atomic E-state index is -1.09. The molecular weight excluding hydrogens is 964 g/mol. The Hall–Kier alpha value is -8.34. The first-order valence-electron chi connectivity index (χ1n) is 22.9. The van der Waals surface area contributed by atoms with Gasteiger partial charge in [-0.15, -0.1) is 0 Å². The number of nitrogens with one attached hydrogen (secondary N) is 2. The number of rotatable bonds is 14. The van der Waals surface area contributed by atoms with Gasteiger partial charge in [-0.2, -0.15) is 20.2 Å². The monoisotopic (exact) mass is 1010 g/mol. The number of benzene rings is 4. The molecule has 10 rings (SSSR count). The van der Waals surface area contributed by atoms with Gasteiger partial charge in [0.1, 0.15) is 23.0 Å². The summed E-state index contributed by atoms with van der Waals surface area (Å²) in [6, 6.07) is 29.2. The molecule has 364 valence electrons. The number of furan rings is 2. The van der Waals surface area contributed by atoms with Gasteiger partial charge in [-0.25, -0.2) is 9.59 Å². The molecule has 0 bridgehead atoms. The van der Waals surface area contributed by atoms with E-state index in [1.54, 1.807) is 111 Å². The molecular formula is C54H44Cl2N6O10. The van der Waals surface area contributed by atoms with Gasteiger partial charge in [0, 0.05) is 24.2 Å². The van der Waals surface area contributed by atoms with Crippen LogP contribution in [0.1, 0.15) is 92.5 Å². The number of hydrazone groups is 2. The molecule has 0 saturated heterocycles. The van der Waals surface area contributed by atoms with Gasteiger partial charge in [0.15, 0.2) is 0 Å². The molecule has 6 aromatic rings. The predicted octanol–water partition coefficient (Wildman–Crippen LogP) is 10.5. The van der Waals surface area contributed by atoms with Crippen LogP contribution < -0.4 is 20.7 Å². The van der Waals surface area contributed by atoms with Crippen LogP contribution in [-0.4, -0.2) is 70.3 Å². The van der Waals surface area contributed by atoms with Crippen molar-refractivity contribution in [3.8, 4) is 22.6 Å². The Balaban J connectivity index is 0.000000178. The van der Waals surface area contributed by atoms with Crippen molar-refractivity contribution in [2.75, 3.05) is 23.1 Å². The summed E-state index contributed by atoms with van der Waals surface area (Å²) in [4.78, 5) is 73.8. The maximum atomic E-state index is 13.0. The Bertz CT molecular complexity index is 3120. The van der Waals surface area contributed by atoms with Gasteiger partial charge >= 0.3 is 11.9 Å². The Kier molecular flexibility index (Phi) is 13.9. The molecule has 0 unspecified atom stereocenters. The second-order valence-electron chi connectivity index (χ2n) is 17.5. The van der Waals surface area contributed by atoms with Gasteiger partial charge in [-0.1, -0.05) is 35.3 Å². The first kappa shape index (κ1) is 48.7. The minimum absolute atomic E-state index is 0.0600. The molecule has 2 aliphatic carbocycles. The van der Waals surface area contributed by atoms with E-state index in [9.17, 15) is 39.0 Å². The molecule has 4 N–H and O–H groups in total. The van der Waals surface area contributed by atoms with Crippen LogP contribution in [0.2, 0.25) is 10.0 Å². The first-order valence-corrected chi connectivity index (χ1v) is 23.6. The average Bonchev–Trinajstić information content (AvgIpc) is 4.24. The summed E-state index contributed by atoms with van der Waals surface area (Å²) in [6.07, 6.45) is 7.72. The predicted molar refractivity (Wildman–Crippen MR) is 272 cm³/mol. The zero-order valence-electron chi connectivity index (χ0n) is 38.6. The Labute approximate surface area is 421 Å². The fourth-order valence-corrected chi connectivity index (χ4v) is 8.14. The molecule has 16 nitrogen and oxygen atoms in total. The molecule has 0 spiro atoms. The summed E-state index contributed by atoms with van der Waals surface area (Å²) in [5.41, 5.74) is 4.54. The molecule has 4 heterocycles. The zero-order valence-corrected chi connectivity index (χ0v) is 40.2. The SMILES string of the molecule is CC1=NN(c2cccc(C(=O)O)c2)C(=O)/C1=C\c1ccc(-c2ccc(Cl)c(C(=O)NCC3CC3)c2)o1.CC1=NN(c2cccc(C(=O)O)c2)C(=O)/C1=C\c1ccc(-c2ccc(Cl)c(C(=O)NCC3CC3)c2)o1. The number of hydrogen-bond donors (Lipinski definition) is 4. The first-order chi connectivity index (χ1) is 34.6. The highest BCUT2D eigenvalue weighted by Crippen LogP contribution is 2.34. The second-order valence-corrected chi connectivity index (χ2v) is 18.3. The van der Waals surface area contributed by atoms with Crippen molar-refractivity contribution in [3.63, 3.8) is 0 Å². The Morgan fingerprint density at radius 1 is 0.597 bits per heavy atom. The summed E-state index contributed by atoms with van der Waals surface area (Å²) < 4.78 is 11.9. The van der Waals surface area contributed by atoms with E-state index in [2.05, 4.69) is 20.8 Å². The Morgan fingerprint density at radius 2 is 1.00 bits per heavy atom. The van der Waals surface area contributed by atoms with Crippen LogP contribution in [0.3, 0.4) is 0 Å². The van der Waals surface area contributed by atoms with Crippen molar-refractivity contribution in [3.05, 3.63) is 164 Å². The number of hydrogen-bond acceptors (Lipinski definition) is 10. The van der Waals surface area contributed by atoms with Crippen molar-refractivity contribution >= 4 is 93.7 Å². The molecule has 4 aromatic carbocycles. The molecule has 0 radical (unpaired) electrons. The highest BCUT2D eigenvalue weighted by molar-refractivity contribution is 6.35. The number of carboxylic acids is 2. The van der Waals surface area contributed by atoms with Crippen LogP contribution in [0.4, 0.5) is 11.4 Å². The fraction of sp³-hybridized carbons (Fsp3) is 0.185. The van der Waals surface area contributed by atoms with Gasteiger partial charge < -0.3 is 29.7 Å². The maximum absolute atomic E-state index is 13.0. The third kappa shape index (κ3) is 11.0. The van der Waals surface area contributed by atoms with Crippen LogP contribution in [-0.2, 0) is 9.59 Å².